The summed E-state index contributed by atoms with van der Waals surface area (Å²) >= 11 is 11.8. The molecule has 2 aliphatic carbocycles. The molecule has 1 N–H and O–H groups in total. The minimum atomic E-state index is -0.254. The summed E-state index contributed by atoms with van der Waals surface area (Å²) in [5.41, 5.74) is 4.60. The second kappa shape index (κ2) is 5.24. The molecule has 0 spiro atoms. The predicted molar refractivity (Wildman–Crippen MR) is 90.6 cm³/mol. The molecule has 5 heteroatoms. The van der Waals surface area contributed by atoms with Gasteiger partial charge in [0.05, 0.1) is 10.0 Å². The molecule has 2 bridgehead atoms. The predicted octanol–water partition coefficient (Wildman–Crippen LogP) is 4.93. The van der Waals surface area contributed by atoms with Crippen LogP contribution in [0, 0.1) is 16.7 Å². The van der Waals surface area contributed by atoms with Crippen molar-refractivity contribution in [3.05, 3.63) is 33.8 Å². The number of fused-ring (bicyclic) bond motifs is 2. The minimum absolute atomic E-state index is 0.0859. The Morgan fingerprint density at radius 2 is 2.00 bits per heavy atom. The number of hydrazone groups is 1. The monoisotopic (exact) mass is 338 g/mol. The largest absolute Gasteiger partial charge is 0.271 e. The molecule has 3 nitrogen and oxygen atoms in total. The first-order chi connectivity index (χ1) is 10.3. The van der Waals surface area contributed by atoms with Gasteiger partial charge in [0.2, 0.25) is 0 Å². The van der Waals surface area contributed by atoms with Crippen molar-refractivity contribution in [1.29, 1.82) is 0 Å². The fraction of sp³-hybridized carbons (Fsp3) is 0.529. The molecule has 0 heterocycles. The maximum atomic E-state index is 12.2. The zero-order valence-electron chi connectivity index (χ0n) is 13.0. The summed E-state index contributed by atoms with van der Waals surface area (Å²) in [7, 11) is 0. The lowest BCUT2D eigenvalue weighted by Gasteiger charge is -2.34. The standard InChI is InChI=1S/C17H20Cl2N2O/c1-16(2)11-6-7-17(16,3)14(9-11)20-21-15(22)10-4-5-12(18)13(19)8-10/h4-5,8,11H,6-7,9H2,1-3H3,(H,21,22)/b20-14+/t11-,17+/m1/s1. The summed E-state index contributed by atoms with van der Waals surface area (Å²) < 4.78 is 0. The molecule has 118 valence electrons. The third kappa shape index (κ3) is 2.26. The van der Waals surface area contributed by atoms with Gasteiger partial charge in [0.1, 0.15) is 0 Å². The van der Waals surface area contributed by atoms with Crippen molar-refractivity contribution in [2.75, 3.05) is 0 Å². The minimum Gasteiger partial charge on any atom is -0.267 e. The number of halogens is 2. The van der Waals surface area contributed by atoms with Crippen molar-refractivity contribution in [3.63, 3.8) is 0 Å². The maximum Gasteiger partial charge on any atom is 0.271 e. The molecule has 0 aromatic heterocycles. The molecular formula is C17H20Cl2N2O. The number of carbonyl (C=O) groups excluding carboxylic acids is 1. The second-order valence-electron chi connectivity index (χ2n) is 7.12. The summed E-state index contributed by atoms with van der Waals surface area (Å²) in [4.78, 5) is 12.2. The van der Waals surface area contributed by atoms with Gasteiger partial charge in [0.25, 0.3) is 5.91 Å². The van der Waals surface area contributed by atoms with Crippen molar-refractivity contribution >= 4 is 34.8 Å². The van der Waals surface area contributed by atoms with E-state index in [2.05, 4.69) is 31.3 Å². The van der Waals surface area contributed by atoms with Crippen LogP contribution in [0.5, 0.6) is 0 Å². The van der Waals surface area contributed by atoms with Gasteiger partial charge in [-0.3, -0.25) is 4.79 Å². The Hall–Kier alpha value is -1.06. The molecule has 0 radical (unpaired) electrons. The topological polar surface area (TPSA) is 41.5 Å². The van der Waals surface area contributed by atoms with E-state index in [1.807, 2.05) is 0 Å². The number of nitrogens with one attached hydrogen (secondary N) is 1. The van der Waals surface area contributed by atoms with Gasteiger partial charge in [-0.05, 0) is 48.8 Å². The average Bonchev–Trinajstić information content (AvgIpc) is 2.80. The number of nitrogens with zero attached hydrogens (tertiary/aromatic N) is 1. The van der Waals surface area contributed by atoms with E-state index in [9.17, 15) is 4.79 Å². The van der Waals surface area contributed by atoms with E-state index in [-0.39, 0.29) is 16.7 Å². The average molecular weight is 339 g/mol. The van der Waals surface area contributed by atoms with Crippen molar-refractivity contribution in [1.82, 2.24) is 5.43 Å². The Kier molecular flexibility index (Phi) is 3.77. The first-order valence-electron chi connectivity index (χ1n) is 7.58. The van der Waals surface area contributed by atoms with E-state index in [1.54, 1.807) is 18.2 Å². The Balaban J connectivity index is 1.78. The number of carbonyl (C=O) groups is 1. The van der Waals surface area contributed by atoms with Gasteiger partial charge in [-0.25, -0.2) is 5.43 Å². The summed E-state index contributed by atoms with van der Waals surface area (Å²) in [6, 6.07) is 4.83. The van der Waals surface area contributed by atoms with Crippen LogP contribution in [0.4, 0.5) is 0 Å². The van der Waals surface area contributed by atoms with Gasteiger partial charge in [0, 0.05) is 16.7 Å². The Morgan fingerprint density at radius 1 is 1.27 bits per heavy atom. The molecule has 2 aliphatic rings. The fourth-order valence-corrected chi connectivity index (χ4v) is 4.22. The Morgan fingerprint density at radius 3 is 2.55 bits per heavy atom. The highest BCUT2D eigenvalue weighted by Gasteiger charge is 2.59. The van der Waals surface area contributed by atoms with E-state index in [0.717, 1.165) is 18.6 Å². The lowest BCUT2D eigenvalue weighted by molar-refractivity contribution is 0.0954. The molecule has 0 aliphatic heterocycles. The maximum absolute atomic E-state index is 12.2. The second-order valence-corrected chi connectivity index (χ2v) is 7.94. The van der Waals surface area contributed by atoms with Crippen molar-refractivity contribution in [3.8, 4) is 0 Å². The Labute approximate surface area is 141 Å². The number of hydrogen-bond acceptors (Lipinski definition) is 2. The molecule has 2 saturated carbocycles. The molecule has 3 rings (SSSR count). The molecule has 1 amide bonds. The molecule has 1 aromatic carbocycles. The zero-order chi connectivity index (χ0) is 16.1. The first kappa shape index (κ1) is 15.8. The molecule has 1 aromatic rings. The Bertz CT molecular complexity index is 669. The zero-order valence-corrected chi connectivity index (χ0v) is 14.6. The van der Waals surface area contributed by atoms with Gasteiger partial charge >= 0.3 is 0 Å². The van der Waals surface area contributed by atoms with Crippen LogP contribution in [0.1, 0.15) is 50.4 Å². The van der Waals surface area contributed by atoms with Crippen LogP contribution < -0.4 is 5.43 Å². The van der Waals surface area contributed by atoms with E-state index in [4.69, 9.17) is 23.2 Å². The van der Waals surface area contributed by atoms with Gasteiger partial charge in [0.15, 0.2) is 0 Å². The van der Waals surface area contributed by atoms with Gasteiger partial charge in [-0.15, -0.1) is 0 Å². The lowest BCUT2D eigenvalue weighted by Crippen LogP contribution is -2.34. The fourth-order valence-electron chi connectivity index (χ4n) is 3.92. The van der Waals surface area contributed by atoms with Gasteiger partial charge in [-0.2, -0.15) is 5.10 Å². The highest BCUT2D eigenvalue weighted by atomic mass is 35.5. The van der Waals surface area contributed by atoms with Crippen LogP contribution in [0.25, 0.3) is 0 Å². The molecule has 2 atom stereocenters. The number of hydrogen-bond donors (Lipinski definition) is 1. The van der Waals surface area contributed by atoms with Crippen molar-refractivity contribution in [2.45, 2.75) is 40.0 Å². The van der Waals surface area contributed by atoms with Crippen LogP contribution in [0.15, 0.2) is 23.3 Å². The van der Waals surface area contributed by atoms with E-state index in [1.165, 1.54) is 6.42 Å². The van der Waals surface area contributed by atoms with E-state index in [0.29, 0.717) is 21.5 Å². The number of amides is 1. The summed E-state index contributed by atoms with van der Waals surface area (Å²) in [5, 5.41) is 5.25. The summed E-state index contributed by atoms with van der Waals surface area (Å²) in [5.74, 6) is 0.411. The van der Waals surface area contributed by atoms with E-state index >= 15 is 0 Å². The van der Waals surface area contributed by atoms with Gasteiger partial charge in [-0.1, -0.05) is 44.0 Å². The number of benzene rings is 1. The molecule has 0 unspecified atom stereocenters. The molecule has 22 heavy (non-hydrogen) atoms. The highest BCUT2D eigenvalue weighted by Crippen LogP contribution is 2.63. The van der Waals surface area contributed by atoms with Crippen LogP contribution in [0.2, 0.25) is 10.0 Å². The molecule has 0 saturated heterocycles. The van der Waals surface area contributed by atoms with Gasteiger partial charge < -0.3 is 0 Å². The quantitative estimate of drug-likeness (QED) is 0.763. The van der Waals surface area contributed by atoms with Crippen molar-refractivity contribution < 1.29 is 4.79 Å². The smallest absolute Gasteiger partial charge is 0.267 e. The van der Waals surface area contributed by atoms with Crippen LogP contribution in [-0.4, -0.2) is 11.6 Å². The number of rotatable bonds is 2. The van der Waals surface area contributed by atoms with Crippen molar-refractivity contribution in [2.24, 2.45) is 21.8 Å². The van der Waals surface area contributed by atoms with E-state index < -0.39 is 0 Å². The molecular weight excluding hydrogens is 319 g/mol. The first-order valence-corrected chi connectivity index (χ1v) is 8.34. The van der Waals surface area contributed by atoms with Crippen LogP contribution in [0.3, 0.4) is 0 Å². The third-order valence-electron chi connectivity index (χ3n) is 5.99. The SMILES string of the molecule is CC1(C)[C@@H]2CC[C@@]1(C)/C(=N/NC(=O)c1ccc(Cl)c(Cl)c1)C2. The normalized spacial score (nSPS) is 30.8. The summed E-state index contributed by atoms with van der Waals surface area (Å²) in [6.45, 7) is 6.89. The third-order valence-corrected chi connectivity index (χ3v) is 6.73. The van der Waals surface area contributed by atoms with Crippen LogP contribution >= 0.6 is 23.2 Å². The molecule has 2 fully saturated rings. The van der Waals surface area contributed by atoms with Crippen LogP contribution in [-0.2, 0) is 0 Å². The summed E-state index contributed by atoms with van der Waals surface area (Å²) in [6.07, 6.45) is 3.38. The lowest BCUT2D eigenvalue weighted by atomic mass is 9.70. The highest BCUT2D eigenvalue weighted by molar-refractivity contribution is 6.42.